The molecule has 0 unspecified atom stereocenters. The lowest BCUT2D eigenvalue weighted by Crippen LogP contribution is -2.04. The summed E-state index contributed by atoms with van der Waals surface area (Å²) in [5.74, 6) is 0.447. The molecule has 0 spiro atoms. The van der Waals surface area contributed by atoms with Crippen LogP contribution in [0.1, 0.15) is 19.4 Å². The number of halogens is 2. The molecule has 0 aliphatic carbocycles. The van der Waals surface area contributed by atoms with E-state index < -0.39 is 6.61 Å². The van der Waals surface area contributed by atoms with Crippen LogP contribution < -0.4 is 4.74 Å². The maximum atomic E-state index is 12.4. The number of rotatable bonds is 3. The Morgan fingerprint density at radius 3 is 2.63 bits per heavy atom. The predicted molar refractivity (Wildman–Crippen MR) is 99.1 cm³/mol. The molecule has 4 aromatic rings. The number of benzene rings is 2. The summed E-state index contributed by atoms with van der Waals surface area (Å²) >= 11 is 0. The number of aromatic nitrogens is 2. The Morgan fingerprint density at radius 2 is 1.89 bits per heavy atom. The Morgan fingerprint density at radius 1 is 1.11 bits per heavy atom. The molecule has 0 saturated heterocycles. The van der Waals surface area contributed by atoms with Crippen LogP contribution in [0, 0.1) is 6.92 Å². The van der Waals surface area contributed by atoms with E-state index in [0.717, 1.165) is 17.1 Å². The molecule has 0 fully saturated rings. The Hall–Kier alpha value is -3.22. The second kappa shape index (κ2) is 7.57. The number of furan rings is 1. The van der Waals surface area contributed by atoms with E-state index in [0.29, 0.717) is 27.9 Å². The summed E-state index contributed by atoms with van der Waals surface area (Å²) in [6.45, 7) is 2.90. The highest BCUT2D eigenvalue weighted by Crippen LogP contribution is 2.34. The number of aromatic hydroxyl groups is 1. The van der Waals surface area contributed by atoms with Crippen LogP contribution in [0.15, 0.2) is 47.0 Å². The Balaban J connectivity index is 0.00000102. The monoisotopic (exact) mass is 372 g/mol. The third-order valence-corrected chi connectivity index (χ3v) is 3.74. The van der Waals surface area contributed by atoms with Crippen LogP contribution in [0.4, 0.5) is 8.78 Å². The molecule has 4 rings (SSSR count). The summed E-state index contributed by atoms with van der Waals surface area (Å²) in [7, 11) is 0. The van der Waals surface area contributed by atoms with E-state index in [-0.39, 0.29) is 11.6 Å². The van der Waals surface area contributed by atoms with Crippen molar-refractivity contribution in [3.05, 3.63) is 48.2 Å². The second-order valence-corrected chi connectivity index (χ2v) is 5.60. The average molecular weight is 372 g/mol. The van der Waals surface area contributed by atoms with Crippen LogP contribution in [0.3, 0.4) is 0 Å². The van der Waals surface area contributed by atoms with Crippen molar-refractivity contribution >= 4 is 22.0 Å². The topological polar surface area (TPSA) is 68.4 Å². The molecule has 0 atom stereocenters. The van der Waals surface area contributed by atoms with Gasteiger partial charge < -0.3 is 14.3 Å². The molecule has 2 aromatic heterocycles. The Labute approximate surface area is 154 Å². The van der Waals surface area contributed by atoms with Gasteiger partial charge in [0, 0.05) is 10.9 Å². The molecule has 0 amide bonds. The van der Waals surface area contributed by atoms with E-state index in [2.05, 4.69) is 14.7 Å². The number of ether oxygens (including phenoxy) is 1. The van der Waals surface area contributed by atoms with Crippen molar-refractivity contribution in [2.24, 2.45) is 0 Å². The van der Waals surface area contributed by atoms with Gasteiger partial charge in [-0.05, 0) is 48.9 Å². The average Bonchev–Trinajstić information content (AvgIpc) is 3.05. The first-order chi connectivity index (χ1) is 13.0. The number of hydrogen-bond donors (Lipinski definition) is 1. The van der Waals surface area contributed by atoms with Crippen molar-refractivity contribution in [1.29, 1.82) is 0 Å². The fourth-order valence-electron chi connectivity index (χ4n) is 2.75. The molecule has 0 bridgehead atoms. The number of hydrogen-bond acceptors (Lipinski definition) is 5. The zero-order valence-corrected chi connectivity index (χ0v) is 15.0. The van der Waals surface area contributed by atoms with Crippen LogP contribution in [0.25, 0.3) is 33.3 Å². The molecule has 2 heterocycles. The number of aryl methyl sites for hydroxylation is 1. The summed E-state index contributed by atoms with van der Waals surface area (Å²) < 4.78 is 34.9. The number of nitrogens with zero attached hydrogens (tertiary/aromatic N) is 2. The SMILES string of the molecule is CC.Cc1cc(-c2cc3cc(O)ccc3o2)c2ncc(OC(F)F)nc2c1. The molecule has 0 radical (unpaired) electrons. The molecule has 0 aliphatic heterocycles. The largest absolute Gasteiger partial charge is 0.508 e. The first-order valence-electron chi connectivity index (χ1n) is 8.45. The number of alkyl halides is 2. The van der Waals surface area contributed by atoms with Gasteiger partial charge in [0.05, 0.1) is 17.2 Å². The molecule has 140 valence electrons. The van der Waals surface area contributed by atoms with E-state index in [1.165, 1.54) is 6.07 Å². The highest BCUT2D eigenvalue weighted by atomic mass is 19.3. The van der Waals surface area contributed by atoms with Crippen molar-refractivity contribution in [2.75, 3.05) is 0 Å². The van der Waals surface area contributed by atoms with E-state index in [9.17, 15) is 13.9 Å². The van der Waals surface area contributed by atoms with E-state index >= 15 is 0 Å². The fraction of sp³-hybridized carbons (Fsp3) is 0.200. The lowest BCUT2D eigenvalue weighted by atomic mass is 10.1. The number of phenols is 1. The normalized spacial score (nSPS) is 10.9. The van der Waals surface area contributed by atoms with Crippen LogP contribution in [-0.4, -0.2) is 21.7 Å². The highest BCUT2D eigenvalue weighted by Gasteiger charge is 2.14. The van der Waals surface area contributed by atoms with Crippen LogP contribution in [0.5, 0.6) is 11.6 Å². The lowest BCUT2D eigenvalue weighted by Gasteiger charge is -2.07. The zero-order chi connectivity index (χ0) is 19.6. The lowest BCUT2D eigenvalue weighted by molar-refractivity contribution is -0.0528. The quantitative estimate of drug-likeness (QED) is 0.501. The smallest absolute Gasteiger partial charge is 0.388 e. The van der Waals surface area contributed by atoms with Crippen LogP contribution in [-0.2, 0) is 0 Å². The summed E-state index contributed by atoms with van der Waals surface area (Å²) in [5, 5.41) is 10.3. The molecule has 0 aliphatic rings. The summed E-state index contributed by atoms with van der Waals surface area (Å²) in [6, 6.07) is 10.2. The Bertz CT molecular complexity index is 1090. The van der Waals surface area contributed by atoms with Crippen molar-refractivity contribution in [3.63, 3.8) is 0 Å². The van der Waals surface area contributed by atoms with Crippen LogP contribution >= 0.6 is 0 Å². The van der Waals surface area contributed by atoms with Gasteiger partial charge >= 0.3 is 6.61 Å². The molecule has 5 nitrogen and oxygen atoms in total. The van der Waals surface area contributed by atoms with Crippen LogP contribution in [0.2, 0.25) is 0 Å². The number of fused-ring (bicyclic) bond motifs is 2. The van der Waals surface area contributed by atoms with E-state index in [4.69, 9.17) is 4.42 Å². The van der Waals surface area contributed by atoms with Gasteiger partial charge in [0.2, 0.25) is 5.88 Å². The third kappa shape index (κ3) is 3.81. The van der Waals surface area contributed by atoms with Gasteiger partial charge in [-0.3, -0.25) is 0 Å². The highest BCUT2D eigenvalue weighted by molar-refractivity contribution is 5.94. The maximum absolute atomic E-state index is 12.4. The van der Waals surface area contributed by atoms with Gasteiger partial charge in [-0.25, -0.2) is 9.97 Å². The van der Waals surface area contributed by atoms with E-state index in [1.54, 1.807) is 24.3 Å². The minimum absolute atomic E-state index is 0.141. The molecule has 1 N–H and O–H groups in total. The van der Waals surface area contributed by atoms with Gasteiger partial charge in [-0.2, -0.15) is 8.78 Å². The van der Waals surface area contributed by atoms with Gasteiger partial charge in [0.25, 0.3) is 0 Å². The first kappa shape index (κ1) is 18.6. The minimum Gasteiger partial charge on any atom is -0.508 e. The molecule has 2 aromatic carbocycles. The van der Waals surface area contributed by atoms with Crippen molar-refractivity contribution < 1.29 is 23.0 Å². The molecule has 0 saturated carbocycles. The zero-order valence-electron chi connectivity index (χ0n) is 15.0. The maximum Gasteiger partial charge on any atom is 0.388 e. The molecular formula is C20H18F2N2O3. The van der Waals surface area contributed by atoms with Gasteiger partial charge in [0.15, 0.2) is 0 Å². The summed E-state index contributed by atoms with van der Waals surface area (Å²) in [4.78, 5) is 8.29. The first-order valence-corrected chi connectivity index (χ1v) is 8.45. The van der Waals surface area contributed by atoms with Gasteiger partial charge in [0.1, 0.15) is 17.1 Å². The van der Waals surface area contributed by atoms with Gasteiger partial charge in [-0.15, -0.1) is 0 Å². The van der Waals surface area contributed by atoms with Crippen molar-refractivity contribution in [1.82, 2.24) is 9.97 Å². The summed E-state index contributed by atoms with van der Waals surface area (Å²) in [5.41, 5.74) is 3.11. The minimum atomic E-state index is -2.96. The second-order valence-electron chi connectivity index (χ2n) is 5.60. The fourth-order valence-corrected chi connectivity index (χ4v) is 2.75. The standard InChI is InChI=1S/C18H12F2N2O3.C2H6/c1-9-4-12(15-7-10-6-11(23)2-3-14(10)24-15)17-13(5-9)22-16(8-21-17)25-18(19)20;1-2/h2-8,18,23H,1H3;1-2H3. The van der Waals surface area contributed by atoms with Crippen molar-refractivity contribution in [2.45, 2.75) is 27.4 Å². The Kier molecular flexibility index (Phi) is 5.21. The third-order valence-electron chi connectivity index (χ3n) is 3.74. The molecular weight excluding hydrogens is 354 g/mol. The van der Waals surface area contributed by atoms with E-state index in [1.807, 2.05) is 26.8 Å². The summed E-state index contributed by atoms with van der Waals surface area (Å²) in [6.07, 6.45) is 1.15. The number of phenolic OH excluding ortho intramolecular Hbond substituents is 1. The van der Waals surface area contributed by atoms with Crippen molar-refractivity contribution in [3.8, 4) is 23.0 Å². The molecule has 27 heavy (non-hydrogen) atoms. The molecule has 7 heteroatoms. The predicted octanol–water partition coefficient (Wildman–Crippen LogP) is 5.68. The van der Waals surface area contributed by atoms with Gasteiger partial charge in [-0.1, -0.05) is 13.8 Å².